The standard InChI is InChI=1S/C18H18IN3O2S/c1-2-24-17(23)11-25-18-20-21-19-22(18)16-10-9-13(12-7-8-12)14-5-3-4-6-15(14)16/h3-6,9-10,12H,2,7-8,11H2,1H3. The number of fused-ring (bicyclic) bond motifs is 1. The minimum absolute atomic E-state index is 0.214. The highest BCUT2D eigenvalue weighted by Crippen LogP contribution is 2.46. The van der Waals surface area contributed by atoms with Gasteiger partial charge in [-0.2, -0.15) is 0 Å². The molecule has 7 heteroatoms. The second-order valence-electron chi connectivity index (χ2n) is 5.90. The molecule has 1 aliphatic heterocycles. The number of thioether (sulfide) groups is 1. The molecule has 2 aliphatic rings. The van der Waals surface area contributed by atoms with Crippen LogP contribution in [0.3, 0.4) is 0 Å². The van der Waals surface area contributed by atoms with Crippen molar-refractivity contribution < 1.29 is 9.53 Å². The number of hydrogen-bond donors (Lipinski definition) is 0. The predicted molar refractivity (Wildman–Crippen MR) is 111 cm³/mol. The third kappa shape index (κ3) is 3.57. The molecule has 0 amide bonds. The summed E-state index contributed by atoms with van der Waals surface area (Å²) in [5.41, 5.74) is 2.59. The van der Waals surface area contributed by atoms with Gasteiger partial charge in [-0.05, 0) is 42.7 Å². The summed E-state index contributed by atoms with van der Waals surface area (Å²) in [4.78, 5) is 11.6. The molecule has 0 N–H and O–H groups in total. The van der Waals surface area contributed by atoms with Crippen LogP contribution in [0, 0.1) is 0 Å². The highest BCUT2D eigenvalue weighted by molar-refractivity contribution is 14.2. The molecule has 1 heterocycles. The summed E-state index contributed by atoms with van der Waals surface area (Å²) in [5, 5.41) is 7.64. The van der Waals surface area contributed by atoms with E-state index in [1.165, 1.54) is 40.9 Å². The predicted octanol–water partition coefficient (Wildman–Crippen LogP) is 5.17. The number of esters is 1. The van der Waals surface area contributed by atoms with Crippen LogP contribution in [0.5, 0.6) is 0 Å². The Morgan fingerprint density at radius 3 is 2.84 bits per heavy atom. The lowest BCUT2D eigenvalue weighted by molar-refractivity contribution is -0.139. The number of anilines is 1. The van der Waals surface area contributed by atoms with Gasteiger partial charge >= 0.3 is 5.97 Å². The molecule has 4 rings (SSSR count). The molecular weight excluding hydrogens is 449 g/mol. The third-order valence-electron chi connectivity index (χ3n) is 4.19. The van der Waals surface area contributed by atoms with E-state index in [1.54, 1.807) is 0 Å². The van der Waals surface area contributed by atoms with Crippen molar-refractivity contribution in [2.24, 2.45) is 8.36 Å². The minimum atomic E-state index is -0.586. The summed E-state index contributed by atoms with van der Waals surface area (Å²) in [6, 6.07) is 13.0. The first-order chi connectivity index (χ1) is 12.3. The van der Waals surface area contributed by atoms with E-state index in [9.17, 15) is 4.79 Å². The van der Waals surface area contributed by atoms with Crippen molar-refractivity contribution in [1.29, 1.82) is 0 Å². The molecular formula is C18H18IN3O2S. The number of halogens is 1. The highest BCUT2D eigenvalue weighted by atomic mass is 127. The summed E-state index contributed by atoms with van der Waals surface area (Å²) < 4.78 is 11.5. The fourth-order valence-electron chi connectivity index (χ4n) is 2.94. The van der Waals surface area contributed by atoms with E-state index in [2.05, 4.69) is 47.9 Å². The molecule has 0 radical (unpaired) electrons. The van der Waals surface area contributed by atoms with Crippen LogP contribution < -0.4 is 3.11 Å². The van der Waals surface area contributed by atoms with Crippen molar-refractivity contribution in [2.45, 2.75) is 25.7 Å². The largest absolute Gasteiger partial charge is 0.465 e. The molecule has 25 heavy (non-hydrogen) atoms. The number of ether oxygens (including phenoxy) is 1. The van der Waals surface area contributed by atoms with E-state index in [4.69, 9.17) is 4.74 Å². The Labute approximate surface area is 161 Å². The maximum Gasteiger partial charge on any atom is 0.316 e. The first-order valence-electron chi connectivity index (χ1n) is 8.30. The molecule has 1 saturated carbocycles. The second kappa shape index (κ2) is 7.41. The lowest BCUT2D eigenvalue weighted by Crippen LogP contribution is -2.18. The topological polar surface area (TPSA) is 54.3 Å². The minimum Gasteiger partial charge on any atom is -0.465 e. The molecule has 2 aromatic rings. The van der Waals surface area contributed by atoms with Crippen molar-refractivity contribution >= 4 is 60.7 Å². The summed E-state index contributed by atoms with van der Waals surface area (Å²) in [5.74, 6) is 0.762. The smallest absolute Gasteiger partial charge is 0.316 e. The summed E-state index contributed by atoms with van der Waals surface area (Å²) in [7, 11) is 0. The zero-order valence-corrected chi connectivity index (χ0v) is 16.8. The maximum atomic E-state index is 11.6. The first-order valence-corrected chi connectivity index (χ1v) is 11.2. The van der Waals surface area contributed by atoms with Crippen LogP contribution in [0.1, 0.15) is 31.2 Å². The Kier molecular flexibility index (Phi) is 5.03. The molecule has 0 atom stereocenters. The average Bonchev–Trinajstić information content (AvgIpc) is 3.37. The van der Waals surface area contributed by atoms with Crippen molar-refractivity contribution in [1.82, 2.24) is 0 Å². The van der Waals surface area contributed by atoms with Gasteiger partial charge in [-0.15, -0.1) is 8.36 Å². The Morgan fingerprint density at radius 2 is 2.08 bits per heavy atom. The van der Waals surface area contributed by atoms with Crippen molar-refractivity contribution in [2.75, 3.05) is 15.5 Å². The van der Waals surface area contributed by atoms with Crippen LogP contribution in [-0.4, -0.2) is 23.5 Å². The van der Waals surface area contributed by atoms with Crippen molar-refractivity contribution in [3.63, 3.8) is 0 Å². The third-order valence-corrected chi connectivity index (χ3v) is 7.24. The molecule has 1 aliphatic carbocycles. The Morgan fingerprint density at radius 1 is 1.28 bits per heavy atom. The van der Waals surface area contributed by atoms with Crippen LogP contribution in [0.2, 0.25) is 0 Å². The van der Waals surface area contributed by atoms with Gasteiger partial charge in [-0.25, -0.2) is 3.11 Å². The molecule has 0 bridgehead atoms. The van der Waals surface area contributed by atoms with E-state index in [1.807, 2.05) is 6.92 Å². The molecule has 0 saturated heterocycles. The van der Waals surface area contributed by atoms with Crippen LogP contribution in [-0.2, 0) is 9.53 Å². The molecule has 0 unspecified atom stereocenters. The van der Waals surface area contributed by atoms with Crippen LogP contribution in [0.4, 0.5) is 5.69 Å². The van der Waals surface area contributed by atoms with Gasteiger partial charge < -0.3 is 4.74 Å². The van der Waals surface area contributed by atoms with Gasteiger partial charge in [0.25, 0.3) is 0 Å². The fraction of sp³-hybridized carbons (Fsp3) is 0.333. The second-order valence-corrected chi connectivity index (χ2v) is 8.67. The van der Waals surface area contributed by atoms with Crippen molar-refractivity contribution in [3.8, 4) is 0 Å². The first kappa shape index (κ1) is 17.0. The lowest BCUT2D eigenvalue weighted by atomic mass is 10.00. The Balaban J connectivity index is 1.63. The Hall–Kier alpha value is -1.48. The SMILES string of the molecule is CCOC(=O)CSC1=NN=IN1c1ccc(C2CC2)c2ccccc12. The Bertz CT molecular complexity index is 880. The average molecular weight is 467 g/mol. The van der Waals surface area contributed by atoms with Crippen LogP contribution >= 0.6 is 33.1 Å². The quantitative estimate of drug-likeness (QED) is 0.346. The van der Waals surface area contributed by atoms with Gasteiger partial charge in [-0.3, -0.25) is 4.79 Å². The molecule has 5 nitrogen and oxygen atoms in total. The zero-order valence-electron chi connectivity index (χ0n) is 13.8. The summed E-state index contributed by atoms with van der Waals surface area (Å²) >= 11 is 0.815. The normalized spacial score (nSPS) is 16.7. The lowest BCUT2D eigenvalue weighted by Gasteiger charge is -2.18. The van der Waals surface area contributed by atoms with Crippen molar-refractivity contribution in [3.05, 3.63) is 42.0 Å². The molecule has 1 fully saturated rings. The van der Waals surface area contributed by atoms with Gasteiger partial charge in [0.05, 0.1) is 18.0 Å². The highest BCUT2D eigenvalue weighted by Gasteiger charge is 2.27. The molecule has 130 valence electrons. The van der Waals surface area contributed by atoms with Gasteiger partial charge in [0.1, 0.15) is 0 Å². The van der Waals surface area contributed by atoms with E-state index >= 15 is 0 Å². The van der Waals surface area contributed by atoms with E-state index in [0.717, 1.165) is 10.9 Å². The monoisotopic (exact) mass is 467 g/mol. The molecule has 0 spiro atoms. The number of hydrogen-bond acceptors (Lipinski definition) is 6. The van der Waals surface area contributed by atoms with Crippen LogP contribution in [0.25, 0.3) is 10.8 Å². The van der Waals surface area contributed by atoms with Gasteiger partial charge in [0.2, 0.25) is 5.17 Å². The summed E-state index contributed by atoms with van der Waals surface area (Å²) in [6.45, 7) is 2.22. The van der Waals surface area contributed by atoms with E-state index in [0.29, 0.717) is 12.5 Å². The van der Waals surface area contributed by atoms with Gasteiger partial charge in [0, 0.05) is 5.39 Å². The van der Waals surface area contributed by atoms with E-state index < -0.39 is 21.3 Å². The van der Waals surface area contributed by atoms with Gasteiger partial charge in [0.15, 0.2) is 21.3 Å². The number of carbonyl (C=O) groups is 1. The number of benzene rings is 2. The number of rotatable bonds is 5. The fourth-order valence-corrected chi connectivity index (χ4v) is 5.78. The summed E-state index contributed by atoms with van der Waals surface area (Å²) in [6.07, 6.45) is 2.58. The molecule has 0 aromatic heterocycles. The maximum absolute atomic E-state index is 11.6. The number of carbonyl (C=O) groups excluding carboxylic acids is 1. The van der Waals surface area contributed by atoms with Gasteiger partial charge in [-0.1, -0.05) is 42.1 Å². The number of nitrogens with zero attached hydrogens (tertiary/aromatic N) is 3. The molecule has 2 aromatic carbocycles. The van der Waals surface area contributed by atoms with E-state index in [-0.39, 0.29) is 11.7 Å². The van der Waals surface area contributed by atoms with Crippen LogP contribution in [0.15, 0.2) is 44.8 Å². The number of amidine groups is 1. The zero-order chi connectivity index (χ0) is 17.2.